The maximum absolute atomic E-state index is 12.1. The highest BCUT2D eigenvalue weighted by molar-refractivity contribution is 5.76. The zero-order valence-electron chi connectivity index (χ0n) is 12.6. The number of carbonyl (C=O) groups excluding carboxylic acids is 1. The first kappa shape index (κ1) is 15.7. The van der Waals surface area contributed by atoms with E-state index in [1.807, 2.05) is 7.05 Å². The summed E-state index contributed by atoms with van der Waals surface area (Å²) in [5.41, 5.74) is 8.14. The second-order valence-corrected chi connectivity index (χ2v) is 6.10. The van der Waals surface area contributed by atoms with Gasteiger partial charge in [-0.15, -0.1) is 0 Å². The van der Waals surface area contributed by atoms with Gasteiger partial charge in [-0.1, -0.05) is 43.7 Å². The van der Waals surface area contributed by atoms with Crippen molar-refractivity contribution in [3.05, 3.63) is 35.4 Å². The SMILES string of the molecule is Cc1ccc(CCC(=O)N(C)CC(C)(C)CN)cc1. The van der Waals surface area contributed by atoms with Gasteiger partial charge in [0.05, 0.1) is 0 Å². The molecule has 0 atom stereocenters. The highest BCUT2D eigenvalue weighted by atomic mass is 16.2. The van der Waals surface area contributed by atoms with Crippen molar-refractivity contribution >= 4 is 5.91 Å². The van der Waals surface area contributed by atoms with E-state index in [2.05, 4.69) is 45.0 Å². The second-order valence-electron chi connectivity index (χ2n) is 6.10. The van der Waals surface area contributed by atoms with E-state index < -0.39 is 0 Å². The molecule has 0 saturated heterocycles. The van der Waals surface area contributed by atoms with Gasteiger partial charge in [0.25, 0.3) is 0 Å². The molecule has 1 amide bonds. The fourth-order valence-corrected chi connectivity index (χ4v) is 1.99. The molecule has 0 aromatic heterocycles. The molecule has 2 N–H and O–H groups in total. The Morgan fingerprint density at radius 2 is 1.84 bits per heavy atom. The van der Waals surface area contributed by atoms with Crippen molar-refractivity contribution in [2.24, 2.45) is 11.1 Å². The molecule has 1 aromatic carbocycles. The molecule has 1 rings (SSSR count). The highest BCUT2D eigenvalue weighted by Gasteiger charge is 2.20. The number of rotatable bonds is 6. The zero-order chi connectivity index (χ0) is 14.5. The minimum absolute atomic E-state index is 0.0196. The van der Waals surface area contributed by atoms with Crippen LogP contribution in [0.3, 0.4) is 0 Å². The number of hydrogen-bond acceptors (Lipinski definition) is 2. The number of nitrogens with two attached hydrogens (primary N) is 1. The van der Waals surface area contributed by atoms with Crippen LogP contribution in [0, 0.1) is 12.3 Å². The first-order valence-corrected chi connectivity index (χ1v) is 6.84. The molecule has 0 fully saturated rings. The van der Waals surface area contributed by atoms with Crippen LogP contribution in [0.1, 0.15) is 31.4 Å². The lowest BCUT2D eigenvalue weighted by atomic mass is 9.93. The minimum atomic E-state index is -0.0196. The van der Waals surface area contributed by atoms with Crippen LogP contribution in [-0.4, -0.2) is 30.9 Å². The first-order valence-electron chi connectivity index (χ1n) is 6.84. The van der Waals surface area contributed by atoms with Crippen molar-refractivity contribution in [3.63, 3.8) is 0 Å². The number of nitrogens with zero attached hydrogens (tertiary/aromatic N) is 1. The third-order valence-corrected chi connectivity index (χ3v) is 3.39. The Morgan fingerprint density at radius 1 is 1.26 bits per heavy atom. The Labute approximate surface area is 116 Å². The van der Waals surface area contributed by atoms with E-state index in [1.54, 1.807) is 4.90 Å². The van der Waals surface area contributed by atoms with Gasteiger partial charge < -0.3 is 10.6 Å². The molecule has 19 heavy (non-hydrogen) atoms. The average Bonchev–Trinajstić information content (AvgIpc) is 2.37. The summed E-state index contributed by atoms with van der Waals surface area (Å²) in [5, 5.41) is 0. The topological polar surface area (TPSA) is 46.3 Å². The van der Waals surface area contributed by atoms with Crippen LogP contribution in [-0.2, 0) is 11.2 Å². The molecular formula is C16H26N2O. The average molecular weight is 262 g/mol. The summed E-state index contributed by atoms with van der Waals surface area (Å²) in [6.07, 6.45) is 1.35. The largest absolute Gasteiger partial charge is 0.345 e. The van der Waals surface area contributed by atoms with E-state index in [0.717, 1.165) is 6.42 Å². The monoisotopic (exact) mass is 262 g/mol. The van der Waals surface area contributed by atoms with Gasteiger partial charge in [-0.05, 0) is 30.9 Å². The molecule has 1 aromatic rings. The van der Waals surface area contributed by atoms with E-state index in [0.29, 0.717) is 19.5 Å². The van der Waals surface area contributed by atoms with Crippen molar-refractivity contribution in [3.8, 4) is 0 Å². The molecule has 0 saturated carbocycles. The van der Waals surface area contributed by atoms with Crippen LogP contribution < -0.4 is 5.73 Å². The van der Waals surface area contributed by atoms with Gasteiger partial charge >= 0.3 is 0 Å². The predicted octanol–water partition coefficient (Wildman–Crippen LogP) is 2.37. The Kier molecular flexibility index (Phi) is 5.55. The van der Waals surface area contributed by atoms with E-state index >= 15 is 0 Å². The Balaban J connectivity index is 2.44. The molecule has 0 aliphatic rings. The van der Waals surface area contributed by atoms with Crippen LogP contribution in [0.25, 0.3) is 0 Å². The molecule has 0 spiro atoms. The molecule has 3 heteroatoms. The van der Waals surface area contributed by atoms with Gasteiger partial charge in [0.15, 0.2) is 0 Å². The quantitative estimate of drug-likeness (QED) is 0.855. The predicted molar refractivity (Wildman–Crippen MR) is 80.0 cm³/mol. The summed E-state index contributed by atoms with van der Waals surface area (Å²) in [6.45, 7) is 7.52. The van der Waals surface area contributed by atoms with Crippen LogP contribution in [0.2, 0.25) is 0 Å². The number of aryl methyl sites for hydroxylation is 2. The third kappa shape index (κ3) is 5.43. The second kappa shape index (κ2) is 6.71. The highest BCUT2D eigenvalue weighted by Crippen LogP contribution is 2.15. The summed E-state index contributed by atoms with van der Waals surface area (Å²) in [6, 6.07) is 8.35. The molecule has 0 bridgehead atoms. The van der Waals surface area contributed by atoms with E-state index in [9.17, 15) is 4.79 Å². The fourth-order valence-electron chi connectivity index (χ4n) is 1.99. The van der Waals surface area contributed by atoms with E-state index in [4.69, 9.17) is 5.73 Å². The lowest BCUT2D eigenvalue weighted by molar-refractivity contribution is -0.131. The van der Waals surface area contributed by atoms with Gasteiger partial charge in [-0.25, -0.2) is 0 Å². The Morgan fingerprint density at radius 3 is 2.37 bits per heavy atom. The molecule has 0 radical (unpaired) electrons. The van der Waals surface area contributed by atoms with Crippen molar-refractivity contribution in [1.82, 2.24) is 4.90 Å². The molecule has 106 valence electrons. The third-order valence-electron chi connectivity index (χ3n) is 3.39. The molecular weight excluding hydrogens is 236 g/mol. The zero-order valence-corrected chi connectivity index (χ0v) is 12.6. The van der Waals surface area contributed by atoms with Gasteiger partial charge in [0.2, 0.25) is 5.91 Å². The van der Waals surface area contributed by atoms with Crippen LogP contribution in [0.15, 0.2) is 24.3 Å². The first-order chi connectivity index (χ1) is 8.84. The fraction of sp³-hybridized carbons (Fsp3) is 0.562. The Hall–Kier alpha value is -1.35. The van der Waals surface area contributed by atoms with Gasteiger partial charge in [-0.2, -0.15) is 0 Å². The number of amides is 1. The smallest absolute Gasteiger partial charge is 0.222 e. The number of hydrogen-bond donors (Lipinski definition) is 1. The summed E-state index contributed by atoms with van der Waals surface area (Å²) < 4.78 is 0. The van der Waals surface area contributed by atoms with Crippen LogP contribution >= 0.6 is 0 Å². The number of benzene rings is 1. The maximum Gasteiger partial charge on any atom is 0.222 e. The maximum atomic E-state index is 12.1. The van der Waals surface area contributed by atoms with Gasteiger partial charge in [0, 0.05) is 20.0 Å². The normalized spacial score (nSPS) is 11.4. The molecule has 0 aliphatic carbocycles. The molecule has 0 heterocycles. The number of carbonyl (C=O) groups is 1. The van der Waals surface area contributed by atoms with Gasteiger partial charge in [0.1, 0.15) is 0 Å². The molecule has 3 nitrogen and oxygen atoms in total. The van der Waals surface area contributed by atoms with E-state index in [-0.39, 0.29) is 11.3 Å². The van der Waals surface area contributed by atoms with Crippen LogP contribution in [0.4, 0.5) is 0 Å². The lowest BCUT2D eigenvalue weighted by Gasteiger charge is -2.29. The van der Waals surface area contributed by atoms with Crippen molar-refractivity contribution in [1.29, 1.82) is 0 Å². The Bertz CT molecular complexity index is 409. The molecule has 0 unspecified atom stereocenters. The minimum Gasteiger partial charge on any atom is -0.345 e. The van der Waals surface area contributed by atoms with Crippen molar-refractivity contribution in [2.45, 2.75) is 33.6 Å². The molecule has 0 aliphatic heterocycles. The summed E-state index contributed by atoms with van der Waals surface area (Å²) in [7, 11) is 1.86. The van der Waals surface area contributed by atoms with E-state index in [1.165, 1.54) is 11.1 Å². The summed E-state index contributed by atoms with van der Waals surface area (Å²) in [5.74, 6) is 0.183. The van der Waals surface area contributed by atoms with Crippen molar-refractivity contribution in [2.75, 3.05) is 20.1 Å². The van der Waals surface area contributed by atoms with Crippen LogP contribution in [0.5, 0.6) is 0 Å². The summed E-state index contributed by atoms with van der Waals surface area (Å²) in [4.78, 5) is 13.9. The van der Waals surface area contributed by atoms with Gasteiger partial charge in [-0.3, -0.25) is 4.79 Å². The lowest BCUT2D eigenvalue weighted by Crippen LogP contribution is -2.39. The summed E-state index contributed by atoms with van der Waals surface area (Å²) >= 11 is 0. The van der Waals surface area contributed by atoms with Crippen molar-refractivity contribution < 1.29 is 4.79 Å². The standard InChI is InChI=1S/C16H26N2O/c1-13-5-7-14(8-6-13)9-10-15(19)18(4)12-16(2,3)11-17/h5-8H,9-12,17H2,1-4H3.